The van der Waals surface area contributed by atoms with Crippen LogP contribution in [0.1, 0.15) is 22.5 Å². The second kappa shape index (κ2) is 26.2. The van der Waals surface area contributed by atoms with Crippen molar-refractivity contribution in [3.63, 3.8) is 0 Å². The average molecular weight is 1240 g/mol. The summed E-state index contributed by atoms with van der Waals surface area (Å²) in [5, 5.41) is 42.7. The van der Waals surface area contributed by atoms with Crippen LogP contribution in [0.2, 0.25) is 0 Å². The number of nitrogens with one attached hydrogen (secondary N) is 3. The van der Waals surface area contributed by atoms with Crippen molar-refractivity contribution in [2.45, 2.75) is 25.2 Å². The normalized spacial score (nSPS) is 11.2. The number of benzene rings is 10. The summed E-state index contributed by atoms with van der Waals surface area (Å²) in [5.41, 5.74) is 16.1. The van der Waals surface area contributed by atoms with Crippen LogP contribution in [0.5, 0.6) is 11.6 Å². The molecule has 0 radical (unpaired) electrons. The number of nitrogens with zero attached hydrogens (tertiary/aromatic N) is 12. The van der Waals surface area contributed by atoms with Gasteiger partial charge in [-0.3, -0.25) is 13.7 Å². The molecule has 10 aromatic carbocycles. The van der Waals surface area contributed by atoms with Gasteiger partial charge in [-0.25, -0.2) is 15.0 Å². The third-order valence-electron chi connectivity index (χ3n) is 16.2. The van der Waals surface area contributed by atoms with Crippen molar-refractivity contribution in [2.75, 3.05) is 36.4 Å². The lowest BCUT2D eigenvalue weighted by molar-refractivity contribution is 0.398. The number of thioether (sulfide) groups is 1. The second-order valence-electron chi connectivity index (χ2n) is 21.9. The predicted octanol–water partition coefficient (Wildman–Crippen LogP) is 17.1. The van der Waals surface area contributed by atoms with Gasteiger partial charge in [0.25, 0.3) is 0 Å². The summed E-state index contributed by atoms with van der Waals surface area (Å²) in [6.45, 7) is 4.09. The highest BCUT2D eigenvalue weighted by molar-refractivity contribution is 7.98. The topological polar surface area (TPSA) is 185 Å². The molecule has 0 bridgehead atoms. The fourth-order valence-corrected chi connectivity index (χ4v) is 12.2. The highest BCUT2D eigenvalue weighted by Gasteiger charge is 2.17. The van der Waals surface area contributed by atoms with Crippen LogP contribution in [0.3, 0.4) is 0 Å². The van der Waals surface area contributed by atoms with E-state index >= 15 is 0 Å². The standard InChI is InChI=1S/C29H23N5.C23H19N5O2.C23H19N5S/c1-20-9-5-8-14-27(20)34-19-30-26-18-22(15-16-28(26)34)31-29-24-13-7-6-12-23(24)25(32-33-29)17-21-10-3-2-4-11-21;1-29-21-10-6-5-9-20(21)28-14-24-18-13-15(11-12-19(18)28)25-22-16-7-3-4-8-17(16)23(30-2)27-26-22;1-15-17-7-3-4-8-18(17)23(27-26-15)25-16-11-12-20-19(13-16)24-14-28(20)21-9-5-6-10-22(21)29-2/h2-16,18-19H,17H2,1H3,(H,31,33);3-14H,1-2H3,(H,25,26);3-14H,1-2H3,(H,25,27). The lowest BCUT2D eigenvalue weighted by Crippen LogP contribution is -2.02. The maximum Gasteiger partial charge on any atom is 0.241 e. The van der Waals surface area contributed by atoms with Crippen LogP contribution in [-0.4, -0.2) is 79.7 Å². The van der Waals surface area contributed by atoms with Crippen molar-refractivity contribution in [3.05, 3.63) is 272 Å². The Morgan fingerprint density at radius 2 is 0.828 bits per heavy atom. The first-order chi connectivity index (χ1) is 45.8. The predicted molar refractivity (Wildman–Crippen MR) is 375 cm³/mol. The molecule has 0 spiro atoms. The number of hydrogen-bond donors (Lipinski definition) is 3. The lowest BCUT2D eigenvalue weighted by Gasteiger charge is -2.12. The van der Waals surface area contributed by atoms with Gasteiger partial charge >= 0.3 is 0 Å². The summed E-state index contributed by atoms with van der Waals surface area (Å²) >= 11 is 1.73. The second-order valence-corrected chi connectivity index (χ2v) is 22.8. The quantitative estimate of drug-likeness (QED) is 0.0873. The van der Waals surface area contributed by atoms with Gasteiger partial charge < -0.3 is 25.4 Å². The molecule has 17 nitrogen and oxygen atoms in total. The van der Waals surface area contributed by atoms with Crippen molar-refractivity contribution in [3.8, 4) is 28.7 Å². The number of anilines is 6. The largest absolute Gasteiger partial charge is 0.495 e. The molecule has 0 aliphatic heterocycles. The van der Waals surface area contributed by atoms with Gasteiger partial charge in [0.1, 0.15) is 24.7 Å². The lowest BCUT2D eigenvalue weighted by atomic mass is 10.0. The van der Waals surface area contributed by atoms with Crippen LogP contribution >= 0.6 is 11.8 Å². The van der Waals surface area contributed by atoms with E-state index in [4.69, 9.17) is 9.47 Å². The van der Waals surface area contributed by atoms with E-state index in [9.17, 15) is 0 Å². The Balaban J connectivity index is 0.000000121. The zero-order valence-corrected chi connectivity index (χ0v) is 52.3. The first kappa shape index (κ1) is 58.7. The molecule has 0 saturated heterocycles. The molecule has 18 heteroatoms. The first-order valence-electron chi connectivity index (χ1n) is 30.1. The van der Waals surface area contributed by atoms with Crippen molar-refractivity contribution in [2.24, 2.45) is 0 Å². The molecule has 0 amide bonds. The van der Waals surface area contributed by atoms with Gasteiger partial charge in [0.15, 0.2) is 17.5 Å². The van der Waals surface area contributed by atoms with Gasteiger partial charge in [-0.05, 0) is 122 Å². The summed E-state index contributed by atoms with van der Waals surface area (Å²) in [5.74, 6) is 3.44. The number of imidazole rings is 3. The molecule has 6 aromatic heterocycles. The Kier molecular flexibility index (Phi) is 16.5. The molecule has 0 unspecified atom stereocenters. The molecule has 6 heterocycles. The fourth-order valence-electron chi connectivity index (χ4n) is 11.6. The molecule has 0 saturated carbocycles. The minimum absolute atomic E-state index is 0.502. The van der Waals surface area contributed by atoms with Gasteiger partial charge in [-0.15, -0.1) is 32.2 Å². The van der Waals surface area contributed by atoms with Gasteiger partial charge in [0, 0.05) is 60.7 Å². The number of rotatable bonds is 14. The Labute approximate surface area is 539 Å². The molecular formula is C75H61N15O2S. The van der Waals surface area contributed by atoms with E-state index in [0.29, 0.717) is 11.7 Å². The molecule has 3 N–H and O–H groups in total. The van der Waals surface area contributed by atoms with E-state index in [1.165, 1.54) is 16.0 Å². The van der Waals surface area contributed by atoms with E-state index in [2.05, 4.69) is 211 Å². The Bertz CT molecular complexity index is 5380. The molecule has 0 aliphatic rings. The SMILES string of the molecule is COc1ccccc1-n1cnc2cc(Nc3nnc(OC)c4ccccc34)ccc21.CSc1ccccc1-n1cnc2cc(Nc3nnc(C)c4ccccc34)ccc21.Cc1ccccc1-n1cnc2cc(Nc3nnc(Cc4ccccc4)c4ccccc34)ccc21. The van der Waals surface area contributed by atoms with Crippen molar-refractivity contribution < 1.29 is 9.47 Å². The van der Waals surface area contributed by atoms with Crippen LogP contribution in [0, 0.1) is 13.8 Å². The zero-order valence-electron chi connectivity index (χ0n) is 51.5. The van der Waals surface area contributed by atoms with Gasteiger partial charge in [0.05, 0.1) is 75.8 Å². The molecule has 454 valence electrons. The number of hydrogen-bond acceptors (Lipinski definition) is 15. The van der Waals surface area contributed by atoms with E-state index in [1.54, 1.807) is 32.3 Å². The summed E-state index contributed by atoms with van der Waals surface area (Å²) in [7, 11) is 3.26. The minimum atomic E-state index is 0.502. The van der Waals surface area contributed by atoms with Crippen molar-refractivity contribution >= 4 is 112 Å². The summed E-state index contributed by atoms with van der Waals surface area (Å²) in [4.78, 5) is 15.1. The monoisotopic (exact) mass is 1240 g/mol. The minimum Gasteiger partial charge on any atom is -0.495 e. The molecule has 93 heavy (non-hydrogen) atoms. The number of fused-ring (bicyclic) bond motifs is 6. The number of aromatic nitrogens is 12. The maximum atomic E-state index is 5.49. The summed E-state index contributed by atoms with van der Waals surface area (Å²) < 4.78 is 17.1. The smallest absolute Gasteiger partial charge is 0.241 e. The Morgan fingerprint density at radius 1 is 0.387 bits per heavy atom. The highest BCUT2D eigenvalue weighted by Crippen LogP contribution is 2.35. The number of ether oxygens (including phenoxy) is 2. The average Bonchev–Trinajstić information content (AvgIpc) is 1.45. The van der Waals surface area contributed by atoms with Crippen LogP contribution < -0.4 is 25.4 Å². The van der Waals surface area contributed by atoms with E-state index in [0.717, 1.165) is 135 Å². The molecule has 0 aliphatic carbocycles. The number of para-hydroxylation sites is 4. The molecule has 16 rings (SSSR count). The summed E-state index contributed by atoms with van der Waals surface area (Å²) in [6.07, 6.45) is 8.40. The maximum absolute atomic E-state index is 5.49. The number of methoxy groups -OCH3 is 2. The van der Waals surface area contributed by atoms with Crippen LogP contribution in [0.25, 0.3) is 82.5 Å². The number of aryl methyl sites for hydroxylation is 2. The van der Waals surface area contributed by atoms with Gasteiger partial charge in [-0.2, -0.15) is 10.2 Å². The van der Waals surface area contributed by atoms with E-state index in [-0.39, 0.29) is 0 Å². The van der Waals surface area contributed by atoms with Crippen LogP contribution in [0.4, 0.5) is 34.5 Å². The third kappa shape index (κ3) is 12.0. The Hall–Kier alpha value is -12.0. The fraction of sp³-hybridized carbons (Fsp3) is 0.0800. The Morgan fingerprint density at radius 3 is 1.40 bits per heavy atom. The van der Waals surface area contributed by atoms with Crippen molar-refractivity contribution in [1.82, 2.24) is 59.2 Å². The van der Waals surface area contributed by atoms with E-state index in [1.807, 2.05) is 127 Å². The van der Waals surface area contributed by atoms with Gasteiger partial charge in [-0.1, -0.05) is 140 Å². The van der Waals surface area contributed by atoms with Crippen molar-refractivity contribution in [1.29, 1.82) is 0 Å². The summed E-state index contributed by atoms with van der Waals surface area (Å²) in [6, 6.07) is 77.7. The molecule has 0 fully saturated rings. The highest BCUT2D eigenvalue weighted by atomic mass is 32.2. The molecular weight excluding hydrogens is 1170 g/mol. The van der Waals surface area contributed by atoms with Gasteiger partial charge in [0.2, 0.25) is 5.88 Å². The van der Waals surface area contributed by atoms with E-state index < -0.39 is 0 Å². The zero-order chi connectivity index (χ0) is 63.2. The first-order valence-corrected chi connectivity index (χ1v) is 31.4. The van der Waals surface area contributed by atoms with Crippen LogP contribution in [0.15, 0.2) is 254 Å². The third-order valence-corrected chi connectivity index (χ3v) is 17.0. The molecule has 0 atom stereocenters. The molecule has 16 aromatic rings. The van der Waals surface area contributed by atoms with Crippen LogP contribution in [-0.2, 0) is 6.42 Å².